The number of aromatic nitrogens is 2. The molecule has 4 rings (SSSR count). The maximum Gasteiger partial charge on any atom is 0.352 e. The fourth-order valence-corrected chi connectivity index (χ4v) is 7.13. The van der Waals surface area contributed by atoms with E-state index < -0.39 is 40.9 Å². The molecular weight excluding hydrogens is 444 g/mol. The lowest BCUT2D eigenvalue weighted by molar-refractivity contribution is -0.508. The van der Waals surface area contributed by atoms with Gasteiger partial charge in [-0.25, -0.2) is 9.36 Å². The Morgan fingerprint density at radius 3 is 2.65 bits per heavy atom. The first-order valence-corrected chi connectivity index (χ1v) is 12.2. The number of carboxylic acid groups (broad SMARTS) is 1. The number of carboxylic acids is 1. The van der Waals surface area contributed by atoms with Gasteiger partial charge in [-0.2, -0.15) is 4.40 Å². The van der Waals surface area contributed by atoms with Crippen molar-refractivity contribution < 1.29 is 33.5 Å². The number of nitrogens with two attached hydrogens (primary N) is 1. The molecule has 5 N–H and O–H groups in total. The van der Waals surface area contributed by atoms with Gasteiger partial charge in [0.1, 0.15) is 24.5 Å². The molecule has 2 aliphatic heterocycles. The van der Waals surface area contributed by atoms with Crippen molar-refractivity contribution in [1.29, 1.82) is 0 Å². The van der Waals surface area contributed by atoms with Crippen LogP contribution in [0.5, 0.6) is 0 Å². The SMILES string of the molecule is CC(O)[C@H]1C(=O)N2C(C(=O)O)=C(c3c[n+]4cn(C[C@H](O)CN)c(S(C)=O)c4s3)[C@@H](C)[C@H]12. The first-order chi connectivity index (χ1) is 14.6. The van der Waals surface area contributed by atoms with Crippen LogP contribution >= 0.6 is 11.3 Å². The van der Waals surface area contributed by atoms with Crippen molar-refractivity contribution in [3.05, 3.63) is 23.1 Å². The van der Waals surface area contributed by atoms with Gasteiger partial charge < -0.3 is 26.0 Å². The molecule has 0 saturated carbocycles. The number of imidazole rings is 1. The summed E-state index contributed by atoms with van der Waals surface area (Å²) < 4.78 is 15.9. The highest BCUT2D eigenvalue weighted by Gasteiger charge is 2.60. The van der Waals surface area contributed by atoms with E-state index in [2.05, 4.69) is 0 Å². The lowest BCUT2D eigenvalue weighted by Gasteiger charge is -2.46. The van der Waals surface area contributed by atoms with E-state index >= 15 is 0 Å². The van der Waals surface area contributed by atoms with Crippen molar-refractivity contribution in [3.8, 4) is 0 Å². The molecule has 2 unspecified atom stereocenters. The Labute approximate surface area is 184 Å². The lowest BCUT2D eigenvalue weighted by atomic mass is 9.77. The highest BCUT2D eigenvalue weighted by atomic mass is 32.2. The fourth-order valence-electron chi connectivity index (χ4n) is 4.67. The van der Waals surface area contributed by atoms with Gasteiger partial charge in [-0.1, -0.05) is 18.3 Å². The second kappa shape index (κ2) is 7.78. The third-order valence-electron chi connectivity index (χ3n) is 6.00. The molecule has 2 aromatic heterocycles. The van der Waals surface area contributed by atoms with E-state index in [9.17, 15) is 29.1 Å². The summed E-state index contributed by atoms with van der Waals surface area (Å²) >= 11 is 1.29. The molecule has 1 fully saturated rings. The van der Waals surface area contributed by atoms with Crippen LogP contribution in [-0.2, 0) is 26.9 Å². The van der Waals surface area contributed by atoms with Crippen LogP contribution in [-0.4, -0.2) is 71.9 Å². The fraction of sp³-hybridized carbons (Fsp3) is 0.526. The smallest absolute Gasteiger partial charge is 0.352 e. The Kier molecular flexibility index (Phi) is 5.54. The van der Waals surface area contributed by atoms with Crippen LogP contribution in [0.3, 0.4) is 0 Å². The number of aliphatic hydroxyl groups is 2. The summed E-state index contributed by atoms with van der Waals surface area (Å²) in [6.07, 6.45) is 3.34. The maximum absolute atomic E-state index is 12.6. The third kappa shape index (κ3) is 3.24. The summed E-state index contributed by atoms with van der Waals surface area (Å²) in [5.74, 6) is -2.49. The Morgan fingerprint density at radius 1 is 1.42 bits per heavy atom. The van der Waals surface area contributed by atoms with Crippen molar-refractivity contribution in [2.24, 2.45) is 17.6 Å². The quantitative estimate of drug-likeness (QED) is 0.300. The van der Waals surface area contributed by atoms with Crippen LogP contribution in [0.15, 0.2) is 23.2 Å². The van der Waals surface area contributed by atoms with Crippen LogP contribution in [0.25, 0.3) is 10.4 Å². The molecule has 0 bridgehead atoms. The topological polar surface area (TPSA) is 150 Å². The lowest BCUT2D eigenvalue weighted by Crippen LogP contribution is -2.63. The largest absolute Gasteiger partial charge is 0.477 e. The zero-order valence-electron chi connectivity index (χ0n) is 17.3. The monoisotopic (exact) mass is 469 g/mol. The first-order valence-electron chi connectivity index (χ1n) is 9.82. The molecular formula is C19H25N4O6S2+. The van der Waals surface area contributed by atoms with Crippen LogP contribution in [0.4, 0.5) is 0 Å². The standard InChI is InChI=1S/C19H24N4O6S2/c1-8-12(15(19(27)28)23-14(8)13(9(2)24)16(23)26)11-6-21-7-22(5-10(25)4-20)18(31(3)29)17(21)30-11/h6-10,13-14,24-25H,4-5,20H2,1-3H3/p+1/t8-,9?,10-,13-,14-,31?/m1/s1. The van der Waals surface area contributed by atoms with Crippen molar-refractivity contribution in [3.63, 3.8) is 0 Å². The van der Waals surface area contributed by atoms with Crippen molar-refractivity contribution in [1.82, 2.24) is 9.47 Å². The summed E-state index contributed by atoms with van der Waals surface area (Å²) in [5, 5.41) is 30.3. The predicted molar refractivity (Wildman–Crippen MR) is 112 cm³/mol. The van der Waals surface area contributed by atoms with Crippen LogP contribution in [0, 0.1) is 11.8 Å². The minimum Gasteiger partial charge on any atom is -0.477 e. The minimum absolute atomic E-state index is 0.0606. The van der Waals surface area contributed by atoms with E-state index in [1.165, 1.54) is 29.4 Å². The summed E-state index contributed by atoms with van der Waals surface area (Å²) in [4.78, 5) is 27.2. The van der Waals surface area contributed by atoms with Gasteiger partial charge in [-0.3, -0.25) is 9.00 Å². The van der Waals surface area contributed by atoms with Gasteiger partial charge in [0.25, 0.3) is 6.33 Å². The molecule has 6 atom stereocenters. The summed E-state index contributed by atoms with van der Waals surface area (Å²) in [7, 11) is -1.37. The van der Waals surface area contributed by atoms with Gasteiger partial charge in [0.2, 0.25) is 15.8 Å². The van der Waals surface area contributed by atoms with Gasteiger partial charge in [-0.15, -0.1) is 0 Å². The molecule has 1 amide bonds. The molecule has 12 heteroatoms. The average Bonchev–Trinajstić information content (AvgIpc) is 3.28. The molecule has 31 heavy (non-hydrogen) atoms. The van der Waals surface area contributed by atoms with E-state index in [1.807, 2.05) is 6.92 Å². The number of fused-ring (bicyclic) bond motifs is 2. The van der Waals surface area contributed by atoms with Gasteiger partial charge >= 0.3 is 5.97 Å². The van der Waals surface area contributed by atoms with E-state index in [0.29, 0.717) is 20.3 Å². The number of thiazole rings is 1. The molecule has 4 heterocycles. The number of β-lactam (4-membered cyclic amide) rings is 1. The van der Waals surface area contributed by atoms with E-state index in [0.717, 1.165) is 0 Å². The van der Waals surface area contributed by atoms with Crippen LogP contribution in [0.2, 0.25) is 0 Å². The Balaban J connectivity index is 1.82. The number of nitrogens with zero attached hydrogens (tertiary/aromatic N) is 3. The molecule has 2 aliphatic rings. The molecule has 0 spiro atoms. The molecule has 0 aliphatic carbocycles. The zero-order valence-corrected chi connectivity index (χ0v) is 18.9. The number of carbonyl (C=O) groups is 2. The minimum atomic E-state index is -1.37. The molecule has 0 aromatic carbocycles. The third-order valence-corrected chi connectivity index (χ3v) is 8.24. The van der Waals surface area contributed by atoms with E-state index in [4.69, 9.17) is 5.73 Å². The molecule has 1 saturated heterocycles. The first kappa shape index (κ1) is 22.1. The summed E-state index contributed by atoms with van der Waals surface area (Å²) in [6, 6.07) is -0.403. The number of carbonyl (C=O) groups excluding carboxylic acids is 1. The number of hydrogen-bond acceptors (Lipinski definition) is 7. The number of hydrogen-bond donors (Lipinski definition) is 4. The highest BCUT2D eigenvalue weighted by Crippen LogP contribution is 2.51. The number of aliphatic hydroxyl groups excluding tert-OH is 2. The second-order valence-electron chi connectivity index (χ2n) is 8.05. The highest BCUT2D eigenvalue weighted by molar-refractivity contribution is 7.84. The van der Waals surface area contributed by atoms with Crippen molar-refractivity contribution in [2.75, 3.05) is 12.8 Å². The molecule has 2 aromatic rings. The second-order valence-corrected chi connectivity index (χ2v) is 10.4. The number of amides is 1. The average molecular weight is 470 g/mol. The van der Waals surface area contributed by atoms with Gasteiger partial charge in [0, 0.05) is 24.3 Å². The summed E-state index contributed by atoms with van der Waals surface area (Å²) in [5.41, 5.74) is 5.97. The maximum atomic E-state index is 12.6. The number of rotatable bonds is 7. The van der Waals surface area contributed by atoms with Crippen molar-refractivity contribution >= 4 is 44.4 Å². The Morgan fingerprint density at radius 2 is 2.10 bits per heavy atom. The van der Waals surface area contributed by atoms with Crippen LogP contribution in [0.1, 0.15) is 18.7 Å². The van der Waals surface area contributed by atoms with Gasteiger partial charge in [-0.05, 0) is 6.92 Å². The van der Waals surface area contributed by atoms with E-state index in [-0.39, 0.29) is 30.6 Å². The molecule has 0 radical (unpaired) electrons. The Bertz CT molecular complexity index is 1140. The van der Waals surface area contributed by atoms with Gasteiger partial charge in [0.05, 0.1) is 33.7 Å². The van der Waals surface area contributed by atoms with E-state index in [1.54, 1.807) is 21.5 Å². The van der Waals surface area contributed by atoms with Crippen LogP contribution < -0.4 is 10.1 Å². The van der Waals surface area contributed by atoms with Gasteiger partial charge in [0.15, 0.2) is 0 Å². The predicted octanol–water partition coefficient (Wildman–Crippen LogP) is -1.00. The molecule has 168 valence electrons. The van der Waals surface area contributed by atoms with Crippen molar-refractivity contribution in [2.45, 2.75) is 43.7 Å². The zero-order chi connectivity index (χ0) is 22.8. The normalized spacial score (nSPS) is 26.2. The Hall–Kier alpha value is -2.12. The number of aliphatic carboxylic acids is 1. The summed E-state index contributed by atoms with van der Waals surface area (Å²) in [6.45, 7) is 3.66. The molecule has 10 nitrogen and oxygen atoms in total.